The van der Waals surface area contributed by atoms with E-state index < -0.39 is 0 Å². The molecule has 1 aliphatic heterocycles. The van der Waals surface area contributed by atoms with Crippen molar-refractivity contribution in [2.75, 3.05) is 11.9 Å². The maximum absolute atomic E-state index is 4.69. The van der Waals surface area contributed by atoms with E-state index in [0.717, 1.165) is 54.9 Å². The minimum Gasteiger partial charge on any atom is -0.348 e. The number of nitrogens with one attached hydrogen (secondary N) is 2. The molecule has 2 N–H and O–H groups in total. The third-order valence-electron chi connectivity index (χ3n) is 4.39. The number of hydrogen-bond donors (Lipinski definition) is 2. The van der Waals surface area contributed by atoms with Gasteiger partial charge in [-0.05, 0) is 38.4 Å². The molecule has 25 heavy (non-hydrogen) atoms. The fourth-order valence-corrected chi connectivity index (χ4v) is 3.32. The molecule has 1 aliphatic rings. The Labute approximate surface area is 146 Å². The quantitative estimate of drug-likeness (QED) is 0.746. The molecule has 0 amide bonds. The predicted molar refractivity (Wildman–Crippen MR) is 95.3 cm³/mol. The van der Waals surface area contributed by atoms with E-state index in [0.29, 0.717) is 0 Å². The van der Waals surface area contributed by atoms with E-state index >= 15 is 0 Å². The van der Waals surface area contributed by atoms with Gasteiger partial charge in [0.1, 0.15) is 23.3 Å². The van der Waals surface area contributed by atoms with Gasteiger partial charge in [-0.1, -0.05) is 6.07 Å². The lowest BCUT2D eigenvalue weighted by Gasteiger charge is -2.23. The number of H-pyrrole nitrogens is 1. The summed E-state index contributed by atoms with van der Waals surface area (Å²) in [5.41, 5.74) is 1.05. The first-order valence-electron chi connectivity index (χ1n) is 8.54. The second-order valence-corrected chi connectivity index (χ2v) is 6.23. The van der Waals surface area contributed by atoms with E-state index in [1.807, 2.05) is 37.4 Å². The van der Waals surface area contributed by atoms with Gasteiger partial charge in [-0.25, -0.2) is 19.9 Å². The zero-order valence-electron chi connectivity index (χ0n) is 14.2. The van der Waals surface area contributed by atoms with Crippen molar-refractivity contribution in [3.63, 3.8) is 0 Å². The molecule has 3 aromatic heterocycles. The van der Waals surface area contributed by atoms with Crippen molar-refractivity contribution in [1.29, 1.82) is 0 Å². The minimum atomic E-state index is 0.288. The zero-order chi connectivity index (χ0) is 17.1. The van der Waals surface area contributed by atoms with Gasteiger partial charge in [0.2, 0.25) is 0 Å². The summed E-state index contributed by atoms with van der Waals surface area (Å²) in [6.07, 6.45) is 7.69. The van der Waals surface area contributed by atoms with E-state index in [-0.39, 0.29) is 6.04 Å². The van der Waals surface area contributed by atoms with Gasteiger partial charge in [-0.3, -0.25) is 4.90 Å². The fourth-order valence-electron chi connectivity index (χ4n) is 3.32. The van der Waals surface area contributed by atoms with E-state index in [9.17, 15) is 0 Å². The Morgan fingerprint density at radius 1 is 1.20 bits per heavy atom. The topological polar surface area (TPSA) is 82.6 Å². The van der Waals surface area contributed by atoms with Gasteiger partial charge in [-0.15, -0.1) is 0 Å². The Kier molecular flexibility index (Phi) is 4.39. The molecule has 0 unspecified atom stereocenters. The van der Waals surface area contributed by atoms with Crippen molar-refractivity contribution in [3.8, 4) is 0 Å². The van der Waals surface area contributed by atoms with Crippen molar-refractivity contribution < 1.29 is 0 Å². The largest absolute Gasteiger partial charge is 0.348 e. The molecule has 1 fully saturated rings. The van der Waals surface area contributed by atoms with Crippen LogP contribution in [0.4, 0.5) is 11.6 Å². The summed E-state index contributed by atoms with van der Waals surface area (Å²) >= 11 is 0. The Bertz CT molecular complexity index is 817. The van der Waals surface area contributed by atoms with Crippen LogP contribution in [-0.4, -0.2) is 36.4 Å². The molecule has 1 atom stereocenters. The lowest BCUT2D eigenvalue weighted by molar-refractivity contribution is 0.238. The van der Waals surface area contributed by atoms with Gasteiger partial charge in [0, 0.05) is 24.7 Å². The van der Waals surface area contributed by atoms with E-state index in [1.54, 1.807) is 12.4 Å². The highest BCUT2D eigenvalue weighted by Crippen LogP contribution is 2.32. The summed E-state index contributed by atoms with van der Waals surface area (Å²) in [6, 6.07) is 8.10. The zero-order valence-corrected chi connectivity index (χ0v) is 14.2. The predicted octanol–water partition coefficient (Wildman–Crippen LogP) is 2.98. The highest BCUT2D eigenvalue weighted by atomic mass is 15.2. The number of likely N-dealkylation sites (tertiary alicyclic amines) is 1. The maximum atomic E-state index is 4.69. The Morgan fingerprint density at radius 2 is 2.16 bits per heavy atom. The SMILES string of the molecule is Cc1nc(Nc2ccccn2)cc([C@@H]2CCCN2Cc2ncc[nH]2)n1. The summed E-state index contributed by atoms with van der Waals surface area (Å²) < 4.78 is 0. The van der Waals surface area contributed by atoms with Crippen LogP contribution in [-0.2, 0) is 6.54 Å². The molecular weight excluding hydrogens is 314 g/mol. The summed E-state index contributed by atoms with van der Waals surface area (Å²) in [6.45, 7) is 3.79. The number of aromatic amines is 1. The molecule has 0 spiro atoms. The van der Waals surface area contributed by atoms with Gasteiger partial charge in [0.25, 0.3) is 0 Å². The van der Waals surface area contributed by atoms with Crippen LogP contribution in [0.2, 0.25) is 0 Å². The minimum absolute atomic E-state index is 0.288. The summed E-state index contributed by atoms with van der Waals surface area (Å²) in [5.74, 6) is 3.32. The molecule has 7 nitrogen and oxygen atoms in total. The molecule has 4 heterocycles. The maximum Gasteiger partial charge on any atom is 0.135 e. The standard InChI is InChI=1S/C18H21N7/c1-13-22-14(11-17(23-13)24-16-6-2-3-7-19-16)15-5-4-10-25(15)12-18-20-8-9-21-18/h2-3,6-9,11,15H,4-5,10,12H2,1H3,(H,20,21)(H,19,22,23,24)/t15-/m0/s1. The van der Waals surface area contributed by atoms with E-state index in [4.69, 9.17) is 4.98 Å². The molecule has 4 rings (SSSR count). The number of nitrogens with zero attached hydrogens (tertiary/aromatic N) is 5. The monoisotopic (exact) mass is 335 g/mol. The summed E-state index contributed by atoms with van der Waals surface area (Å²) in [4.78, 5) is 23.5. The van der Waals surface area contributed by atoms with Crippen molar-refractivity contribution in [3.05, 3.63) is 60.2 Å². The van der Waals surface area contributed by atoms with Gasteiger partial charge in [0.15, 0.2) is 0 Å². The van der Waals surface area contributed by atoms with Gasteiger partial charge in [0.05, 0.1) is 18.3 Å². The smallest absolute Gasteiger partial charge is 0.135 e. The average Bonchev–Trinajstić information content (AvgIpc) is 3.27. The molecule has 128 valence electrons. The number of imidazole rings is 1. The number of aromatic nitrogens is 5. The first kappa shape index (κ1) is 15.7. The van der Waals surface area contributed by atoms with Gasteiger partial charge >= 0.3 is 0 Å². The van der Waals surface area contributed by atoms with Crippen molar-refractivity contribution in [1.82, 2.24) is 29.8 Å². The normalized spacial score (nSPS) is 17.7. The van der Waals surface area contributed by atoms with Gasteiger partial charge in [-0.2, -0.15) is 0 Å². The number of anilines is 2. The van der Waals surface area contributed by atoms with Crippen LogP contribution >= 0.6 is 0 Å². The Balaban J connectivity index is 1.56. The lowest BCUT2D eigenvalue weighted by atomic mass is 10.1. The van der Waals surface area contributed by atoms with Crippen LogP contribution < -0.4 is 5.32 Å². The molecule has 0 aromatic carbocycles. The second kappa shape index (κ2) is 6.98. The van der Waals surface area contributed by atoms with Crippen LogP contribution in [0.25, 0.3) is 0 Å². The lowest BCUT2D eigenvalue weighted by Crippen LogP contribution is -2.24. The Morgan fingerprint density at radius 3 is 2.96 bits per heavy atom. The summed E-state index contributed by atoms with van der Waals surface area (Å²) in [7, 11) is 0. The van der Waals surface area contributed by atoms with Gasteiger partial charge < -0.3 is 10.3 Å². The molecular formula is C18H21N7. The molecule has 1 saturated heterocycles. The number of pyridine rings is 1. The van der Waals surface area contributed by atoms with E-state index in [1.165, 1.54) is 0 Å². The second-order valence-electron chi connectivity index (χ2n) is 6.23. The molecule has 0 saturated carbocycles. The number of aryl methyl sites for hydroxylation is 1. The Hall–Kier alpha value is -2.80. The molecule has 0 bridgehead atoms. The van der Waals surface area contributed by atoms with Crippen molar-refractivity contribution in [2.45, 2.75) is 32.4 Å². The van der Waals surface area contributed by atoms with Crippen LogP contribution in [0.15, 0.2) is 42.9 Å². The number of rotatable bonds is 5. The van der Waals surface area contributed by atoms with Crippen molar-refractivity contribution in [2.24, 2.45) is 0 Å². The average molecular weight is 335 g/mol. The first-order valence-corrected chi connectivity index (χ1v) is 8.54. The fraction of sp³-hybridized carbons (Fsp3) is 0.333. The van der Waals surface area contributed by atoms with Crippen LogP contribution in [0, 0.1) is 6.92 Å². The summed E-state index contributed by atoms with van der Waals surface area (Å²) in [5, 5.41) is 3.27. The van der Waals surface area contributed by atoms with Crippen LogP contribution in [0.1, 0.15) is 36.2 Å². The first-order chi connectivity index (χ1) is 12.3. The highest BCUT2D eigenvalue weighted by molar-refractivity contribution is 5.51. The highest BCUT2D eigenvalue weighted by Gasteiger charge is 2.28. The van der Waals surface area contributed by atoms with E-state index in [2.05, 4.69) is 30.2 Å². The molecule has 3 aromatic rings. The molecule has 7 heteroatoms. The van der Waals surface area contributed by atoms with Crippen molar-refractivity contribution >= 4 is 11.6 Å². The van der Waals surface area contributed by atoms with Crippen LogP contribution in [0.3, 0.4) is 0 Å². The molecule has 0 radical (unpaired) electrons. The third kappa shape index (κ3) is 3.66. The van der Waals surface area contributed by atoms with Crippen LogP contribution in [0.5, 0.6) is 0 Å². The number of hydrogen-bond acceptors (Lipinski definition) is 6. The molecule has 0 aliphatic carbocycles. The third-order valence-corrected chi connectivity index (χ3v) is 4.39.